The number of β-lactam (4-membered cyclic amide) rings is 1. The molecule has 0 radical (unpaired) electrons. The Kier molecular flexibility index (Phi) is 3.41. The first-order valence-corrected chi connectivity index (χ1v) is 6.36. The standard InChI is InChI=1S/C10H14N2O4S/c1-2-16-3-5-4-17-9-6(11)8(13)12(9)7(5)10(14)15/h6,9H,2-4,11H2,1H3,(H,14,15). The van der Waals surface area contributed by atoms with Gasteiger partial charge < -0.3 is 15.6 Å². The fourth-order valence-electron chi connectivity index (χ4n) is 1.92. The van der Waals surface area contributed by atoms with Crippen LogP contribution in [0, 0.1) is 0 Å². The van der Waals surface area contributed by atoms with Gasteiger partial charge in [0, 0.05) is 12.4 Å². The Morgan fingerprint density at radius 2 is 2.41 bits per heavy atom. The minimum atomic E-state index is -1.09. The van der Waals surface area contributed by atoms with Gasteiger partial charge in [-0.05, 0) is 12.5 Å². The number of thioether (sulfide) groups is 1. The van der Waals surface area contributed by atoms with Crippen molar-refractivity contribution < 1.29 is 19.4 Å². The van der Waals surface area contributed by atoms with Crippen molar-refractivity contribution in [2.24, 2.45) is 5.73 Å². The minimum Gasteiger partial charge on any atom is -0.477 e. The summed E-state index contributed by atoms with van der Waals surface area (Å²) in [5, 5.41) is 8.94. The average molecular weight is 258 g/mol. The van der Waals surface area contributed by atoms with E-state index >= 15 is 0 Å². The molecule has 1 amide bonds. The number of hydrogen-bond donors (Lipinski definition) is 2. The van der Waals surface area contributed by atoms with Crippen LogP contribution in [0.3, 0.4) is 0 Å². The van der Waals surface area contributed by atoms with Crippen LogP contribution >= 0.6 is 11.8 Å². The van der Waals surface area contributed by atoms with E-state index in [0.717, 1.165) is 0 Å². The van der Waals surface area contributed by atoms with Gasteiger partial charge in [0.25, 0.3) is 0 Å². The molecule has 0 bridgehead atoms. The second-order valence-electron chi connectivity index (χ2n) is 3.83. The molecule has 2 atom stereocenters. The van der Waals surface area contributed by atoms with Gasteiger partial charge in [-0.15, -0.1) is 11.8 Å². The van der Waals surface area contributed by atoms with Crippen LogP contribution in [0.1, 0.15) is 6.92 Å². The van der Waals surface area contributed by atoms with Crippen LogP contribution in [-0.2, 0) is 14.3 Å². The van der Waals surface area contributed by atoms with E-state index in [0.29, 0.717) is 17.9 Å². The largest absolute Gasteiger partial charge is 0.477 e. The summed E-state index contributed by atoms with van der Waals surface area (Å²) in [5.41, 5.74) is 6.32. The van der Waals surface area contributed by atoms with Gasteiger partial charge in [0.2, 0.25) is 5.91 Å². The van der Waals surface area contributed by atoms with E-state index < -0.39 is 12.0 Å². The van der Waals surface area contributed by atoms with Gasteiger partial charge in [0.1, 0.15) is 17.1 Å². The number of carboxylic acid groups (broad SMARTS) is 1. The van der Waals surface area contributed by atoms with E-state index in [1.807, 2.05) is 6.92 Å². The summed E-state index contributed by atoms with van der Waals surface area (Å²) in [4.78, 5) is 24.1. The first-order chi connectivity index (χ1) is 8.07. The highest BCUT2D eigenvalue weighted by Crippen LogP contribution is 2.39. The predicted octanol–water partition coefficient (Wildman–Crippen LogP) is -0.396. The first kappa shape index (κ1) is 12.4. The molecule has 1 fully saturated rings. The lowest BCUT2D eigenvalue weighted by Crippen LogP contribution is -2.68. The zero-order chi connectivity index (χ0) is 12.6. The highest BCUT2D eigenvalue weighted by atomic mass is 32.2. The summed E-state index contributed by atoms with van der Waals surface area (Å²) in [7, 11) is 0. The van der Waals surface area contributed by atoms with Crippen LogP contribution in [0.4, 0.5) is 0 Å². The van der Waals surface area contributed by atoms with Crippen molar-refractivity contribution in [1.29, 1.82) is 0 Å². The highest BCUT2D eigenvalue weighted by Gasteiger charge is 2.51. The molecule has 6 nitrogen and oxygen atoms in total. The zero-order valence-electron chi connectivity index (χ0n) is 9.38. The molecule has 1 saturated heterocycles. The molecule has 0 aliphatic carbocycles. The number of carboxylic acids is 1. The number of aliphatic carboxylic acids is 1. The van der Waals surface area contributed by atoms with Crippen LogP contribution in [0.2, 0.25) is 0 Å². The molecule has 0 aromatic carbocycles. The van der Waals surface area contributed by atoms with E-state index in [1.54, 1.807) is 0 Å². The molecule has 2 heterocycles. The van der Waals surface area contributed by atoms with Crippen molar-refractivity contribution in [2.45, 2.75) is 18.3 Å². The molecule has 3 N–H and O–H groups in total. The molecule has 0 spiro atoms. The molecule has 0 saturated carbocycles. The Bertz CT molecular complexity index is 396. The van der Waals surface area contributed by atoms with E-state index in [4.69, 9.17) is 10.5 Å². The smallest absolute Gasteiger partial charge is 0.352 e. The van der Waals surface area contributed by atoms with Gasteiger partial charge in [-0.25, -0.2) is 4.79 Å². The van der Waals surface area contributed by atoms with E-state index in [-0.39, 0.29) is 23.6 Å². The van der Waals surface area contributed by atoms with E-state index in [1.165, 1.54) is 16.7 Å². The van der Waals surface area contributed by atoms with E-state index in [9.17, 15) is 14.7 Å². The molecule has 2 aliphatic rings. The van der Waals surface area contributed by atoms with E-state index in [2.05, 4.69) is 0 Å². The summed E-state index contributed by atoms with van der Waals surface area (Å²) in [6.45, 7) is 2.60. The zero-order valence-corrected chi connectivity index (χ0v) is 10.2. The maximum absolute atomic E-state index is 11.6. The van der Waals surface area contributed by atoms with Crippen LogP contribution in [0.5, 0.6) is 0 Å². The van der Waals surface area contributed by atoms with Crippen LogP contribution < -0.4 is 5.73 Å². The molecule has 2 unspecified atom stereocenters. The van der Waals surface area contributed by atoms with Crippen molar-refractivity contribution in [3.8, 4) is 0 Å². The third-order valence-electron chi connectivity index (χ3n) is 2.77. The molecule has 94 valence electrons. The number of nitrogens with zero attached hydrogens (tertiary/aromatic N) is 1. The molecular weight excluding hydrogens is 244 g/mol. The Hall–Kier alpha value is -1.05. The fourth-order valence-corrected chi connectivity index (χ4v) is 3.19. The molecule has 7 heteroatoms. The lowest BCUT2D eigenvalue weighted by molar-refractivity contribution is -0.148. The van der Waals surface area contributed by atoms with Gasteiger partial charge in [-0.2, -0.15) is 0 Å². The predicted molar refractivity (Wildman–Crippen MR) is 62.2 cm³/mol. The number of carbonyl (C=O) groups excluding carboxylic acids is 1. The normalized spacial score (nSPS) is 27.9. The van der Waals surface area contributed by atoms with Gasteiger partial charge in [0.05, 0.1) is 6.61 Å². The van der Waals surface area contributed by atoms with Gasteiger partial charge in [-0.1, -0.05) is 0 Å². The van der Waals surface area contributed by atoms with Gasteiger partial charge in [0.15, 0.2) is 0 Å². The quantitative estimate of drug-likeness (QED) is 0.667. The van der Waals surface area contributed by atoms with Crippen molar-refractivity contribution in [2.75, 3.05) is 19.0 Å². The lowest BCUT2D eigenvalue weighted by Gasteiger charge is -2.47. The molecule has 2 rings (SSSR count). The van der Waals surface area contributed by atoms with Gasteiger partial charge in [-0.3, -0.25) is 9.69 Å². The van der Waals surface area contributed by atoms with Crippen molar-refractivity contribution >= 4 is 23.6 Å². The van der Waals surface area contributed by atoms with Gasteiger partial charge >= 0.3 is 5.97 Å². The minimum absolute atomic E-state index is 0.0499. The number of carbonyl (C=O) groups is 2. The molecule has 17 heavy (non-hydrogen) atoms. The molecular formula is C10H14N2O4S. The second kappa shape index (κ2) is 4.67. The van der Waals surface area contributed by atoms with Crippen LogP contribution in [0.15, 0.2) is 11.3 Å². The Balaban J connectivity index is 2.26. The monoisotopic (exact) mass is 258 g/mol. The second-order valence-corrected chi connectivity index (χ2v) is 4.94. The number of hydrogen-bond acceptors (Lipinski definition) is 5. The van der Waals surface area contributed by atoms with Crippen LogP contribution in [0.25, 0.3) is 0 Å². The van der Waals surface area contributed by atoms with Crippen molar-refractivity contribution in [3.63, 3.8) is 0 Å². The molecule has 2 aliphatic heterocycles. The highest BCUT2D eigenvalue weighted by molar-refractivity contribution is 8.00. The first-order valence-electron chi connectivity index (χ1n) is 5.31. The molecule has 0 aromatic heterocycles. The maximum Gasteiger partial charge on any atom is 0.352 e. The Morgan fingerprint density at radius 3 is 3.00 bits per heavy atom. The van der Waals surface area contributed by atoms with Crippen molar-refractivity contribution in [3.05, 3.63) is 11.3 Å². The number of fused-ring (bicyclic) bond motifs is 1. The Morgan fingerprint density at radius 1 is 1.71 bits per heavy atom. The number of amides is 1. The summed E-state index contributed by atoms with van der Waals surface area (Å²) in [6.07, 6.45) is 0. The number of rotatable bonds is 4. The summed E-state index contributed by atoms with van der Waals surface area (Å²) < 4.78 is 5.22. The fraction of sp³-hybridized carbons (Fsp3) is 0.600. The number of nitrogens with two attached hydrogens (primary N) is 1. The Labute approximate surface area is 103 Å². The average Bonchev–Trinajstić information content (AvgIpc) is 2.33. The topological polar surface area (TPSA) is 92.9 Å². The summed E-state index contributed by atoms with van der Waals surface area (Å²) in [5.74, 6) is -0.872. The third kappa shape index (κ3) is 1.94. The summed E-state index contributed by atoms with van der Waals surface area (Å²) in [6, 6.07) is -0.581. The van der Waals surface area contributed by atoms with Crippen LogP contribution in [-0.4, -0.2) is 52.3 Å². The lowest BCUT2D eigenvalue weighted by atomic mass is 10.0. The third-order valence-corrected chi connectivity index (χ3v) is 4.13. The van der Waals surface area contributed by atoms with Crippen molar-refractivity contribution in [1.82, 2.24) is 4.90 Å². The number of ether oxygens (including phenoxy) is 1. The SMILES string of the molecule is CCOCC1=C(C(=O)O)N2C(=O)C(N)C2SC1. The maximum atomic E-state index is 11.6. The summed E-state index contributed by atoms with van der Waals surface area (Å²) >= 11 is 1.48. The molecule has 0 aromatic rings.